The van der Waals surface area contributed by atoms with E-state index in [0.29, 0.717) is 19.3 Å². The van der Waals surface area contributed by atoms with Crippen LogP contribution in [0.1, 0.15) is 297 Å². The van der Waals surface area contributed by atoms with Crippen molar-refractivity contribution in [2.75, 3.05) is 13.2 Å². The monoisotopic (exact) mass is 977 g/mol. The summed E-state index contributed by atoms with van der Waals surface area (Å²) in [6, 6.07) is 0. The second kappa shape index (κ2) is 58.4. The van der Waals surface area contributed by atoms with E-state index in [9.17, 15) is 14.4 Å². The van der Waals surface area contributed by atoms with Gasteiger partial charge in [0.05, 0.1) is 0 Å². The molecule has 0 rings (SSSR count). The van der Waals surface area contributed by atoms with Crippen molar-refractivity contribution in [3.63, 3.8) is 0 Å². The minimum absolute atomic E-state index is 0.0980. The molecular weight excluding hydrogens is 865 g/mol. The molecule has 0 aliphatic carbocycles. The van der Waals surface area contributed by atoms with Gasteiger partial charge in [0.1, 0.15) is 13.2 Å². The molecule has 0 fully saturated rings. The summed E-state index contributed by atoms with van der Waals surface area (Å²) in [6.07, 6.45) is 74.8. The molecule has 70 heavy (non-hydrogen) atoms. The molecule has 0 aromatic heterocycles. The number of esters is 3. The van der Waals surface area contributed by atoms with E-state index in [-0.39, 0.29) is 37.5 Å². The number of hydrogen-bond acceptors (Lipinski definition) is 6. The molecule has 0 radical (unpaired) electrons. The van der Waals surface area contributed by atoms with Crippen LogP contribution in [0.3, 0.4) is 0 Å². The van der Waals surface area contributed by atoms with E-state index in [2.05, 4.69) is 87.6 Å². The molecule has 0 bridgehead atoms. The number of carbonyl (C=O) groups is 3. The summed E-state index contributed by atoms with van der Waals surface area (Å²) in [4.78, 5) is 38.2. The van der Waals surface area contributed by atoms with Crippen LogP contribution >= 0.6 is 0 Å². The van der Waals surface area contributed by atoms with Crippen molar-refractivity contribution in [1.82, 2.24) is 0 Å². The third kappa shape index (κ3) is 55.8. The minimum Gasteiger partial charge on any atom is -0.462 e. The third-order valence-corrected chi connectivity index (χ3v) is 13.0. The van der Waals surface area contributed by atoms with Gasteiger partial charge in [-0.3, -0.25) is 14.4 Å². The van der Waals surface area contributed by atoms with Crippen molar-refractivity contribution < 1.29 is 28.6 Å². The first-order chi connectivity index (χ1) is 34.5. The Hall–Kier alpha value is -3.15. The Labute approximate surface area is 433 Å². The lowest BCUT2D eigenvalue weighted by Crippen LogP contribution is -2.30. The predicted octanol–water partition coefficient (Wildman–Crippen LogP) is 20.2. The SMILES string of the molecule is CC/C=C\C/C=C\C/C=C\C/C=C\C/C=C\CCC(=O)OCC(COC(=O)CCCCCCCCC/C=C\CCCCCCCCCC)OC(=O)CCCCCCCCCCCCCCCCCCC. The Morgan fingerprint density at radius 2 is 0.586 bits per heavy atom. The van der Waals surface area contributed by atoms with Gasteiger partial charge in [-0.1, -0.05) is 273 Å². The molecule has 0 aromatic carbocycles. The van der Waals surface area contributed by atoms with Crippen molar-refractivity contribution in [3.8, 4) is 0 Å². The van der Waals surface area contributed by atoms with Gasteiger partial charge in [0.15, 0.2) is 6.10 Å². The van der Waals surface area contributed by atoms with Gasteiger partial charge in [-0.05, 0) is 77.0 Å². The first kappa shape index (κ1) is 66.9. The second-order valence-corrected chi connectivity index (χ2v) is 19.9. The predicted molar refractivity (Wildman–Crippen MR) is 302 cm³/mol. The zero-order chi connectivity index (χ0) is 50.7. The molecular formula is C64H112O6. The molecule has 0 aliphatic rings. The summed E-state index contributed by atoms with van der Waals surface area (Å²) in [5, 5.41) is 0. The van der Waals surface area contributed by atoms with Crippen molar-refractivity contribution in [2.45, 2.75) is 303 Å². The fourth-order valence-electron chi connectivity index (χ4n) is 8.49. The molecule has 404 valence electrons. The van der Waals surface area contributed by atoms with Crippen LogP contribution in [0.5, 0.6) is 0 Å². The molecule has 0 aliphatic heterocycles. The van der Waals surface area contributed by atoms with Gasteiger partial charge < -0.3 is 14.2 Å². The number of ether oxygens (including phenoxy) is 3. The zero-order valence-electron chi connectivity index (χ0n) is 46.3. The smallest absolute Gasteiger partial charge is 0.306 e. The molecule has 0 aromatic rings. The average Bonchev–Trinajstić information content (AvgIpc) is 3.36. The number of allylic oxidation sites excluding steroid dienone is 12. The quantitative estimate of drug-likeness (QED) is 0.0261. The van der Waals surface area contributed by atoms with Gasteiger partial charge >= 0.3 is 17.9 Å². The van der Waals surface area contributed by atoms with Crippen molar-refractivity contribution in [2.24, 2.45) is 0 Å². The third-order valence-electron chi connectivity index (χ3n) is 13.0. The summed E-state index contributed by atoms with van der Waals surface area (Å²) in [5.41, 5.74) is 0. The Kier molecular flexibility index (Phi) is 55.8. The van der Waals surface area contributed by atoms with Gasteiger partial charge in [-0.25, -0.2) is 0 Å². The first-order valence-electron chi connectivity index (χ1n) is 29.9. The summed E-state index contributed by atoms with van der Waals surface area (Å²) < 4.78 is 16.8. The van der Waals surface area contributed by atoms with Crippen molar-refractivity contribution in [3.05, 3.63) is 72.9 Å². The van der Waals surface area contributed by atoms with Gasteiger partial charge in [0, 0.05) is 19.3 Å². The Morgan fingerprint density at radius 3 is 0.957 bits per heavy atom. The molecule has 0 saturated carbocycles. The number of carbonyl (C=O) groups excluding carboxylic acids is 3. The van der Waals surface area contributed by atoms with E-state index in [1.807, 2.05) is 6.08 Å². The molecule has 6 heteroatoms. The zero-order valence-corrected chi connectivity index (χ0v) is 46.3. The van der Waals surface area contributed by atoms with Crippen LogP contribution in [0.4, 0.5) is 0 Å². The first-order valence-corrected chi connectivity index (χ1v) is 29.9. The lowest BCUT2D eigenvalue weighted by molar-refractivity contribution is -0.166. The maximum atomic E-state index is 12.9. The van der Waals surface area contributed by atoms with Crippen LogP contribution in [0.15, 0.2) is 72.9 Å². The molecule has 1 atom stereocenters. The highest BCUT2D eigenvalue weighted by molar-refractivity contribution is 5.71. The molecule has 0 spiro atoms. The standard InChI is InChI=1S/C64H112O6/c1-4-7-10-13-16-19-22-25-28-31-32-34-36-39-42-45-48-51-54-57-63(66)69-60-61(59-68-62(65)56-53-50-47-44-41-38-35-30-27-24-21-18-15-12-9-6-3)70-64(67)58-55-52-49-46-43-40-37-33-29-26-23-20-17-14-11-8-5-2/h9,12,18,21,27,30-32,38,41,47,50,61H,4-8,10-11,13-17,19-20,22-26,28-29,33-37,39-40,42-46,48-49,51-60H2,1-3H3/b12-9-,21-18-,30-27-,32-31-,41-38-,50-47-. The lowest BCUT2D eigenvalue weighted by Gasteiger charge is -2.18. The van der Waals surface area contributed by atoms with E-state index < -0.39 is 6.10 Å². The summed E-state index contributed by atoms with van der Waals surface area (Å²) in [6.45, 7) is 6.49. The highest BCUT2D eigenvalue weighted by Gasteiger charge is 2.19. The number of unbranched alkanes of at least 4 members (excludes halogenated alkanes) is 31. The van der Waals surface area contributed by atoms with Crippen LogP contribution < -0.4 is 0 Å². The maximum Gasteiger partial charge on any atom is 0.306 e. The second-order valence-electron chi connectivity index (χ2n) is 19.9. The van der Waals surface area contributed by atoms with Crippen LogP contribution in [0.25, 0.3) is 0 Å². The van der Waals surface area contributed by atoms with E-state index in [0.717, 1.165) is 70.6 Å². The highest BCUT2D eigenvalue weighted by Crippen LogP contribution is 2.16. The number of hydrogen-bond donors (Lipinski definition) is 0. The van der Waals surface area contributed by atoms with Crippen LogP contribution in [0.2, 0.25) is 0 Å². The van der Waals surface area contributed by atoms with Gasteiger partial charge in [-0.2, -0.15) is 0 Å². The Bertz CT molecular complexity index is 1310. The van der Waals surface area contributed by atoms with Gasteiger partial charge in [-0.15, -0.1) is 0 Å². The molecule has 0 saturated heterocycles. The van der Waals surface area contributed by atoms with E-state index in [1.54, 1.807) is 0 Å². The highest BCUT2D eigenvalue weighted by atomic mass is 16.6. The Balaban J connectivity index is 4.44. The summed E-state index contributed by atoms with van der Waals surface area (Å²) in [7, 11) is 0. The lowest BCUT2D eigenvalue weighted by atomic mass is 10.0. The summed E-state index contributed by atoms with van der Waals surface area (Å²) >= 11 is 0. The molecule has 6 nitrogen and oxygen atoms in total. The van der Waals surface area contributed by atoms with Crippen LogP contribution in [0, 0.1) is 0 Å². The fraction of sp³-hybridized carbons (Fsp3) is 0.766. The van der Waals surface area contributed by atoms with Gasteiger partial charge in [0.25, 0.3) is 0 Å². The van der Waals surface area contributed by atoms with Crippen molar-refractivity contribution in [1.29, 1.82) is 0 Å². The van der Waals surface area contributed by atoms with Crippen LogP contribution in [-0.4, -0.2) is 37.2 Å². The van der Waals surface area contributed by atoms with E-state index in [4.69, 9.17) is 14.2 Å². The molecule has 0 heterocycles. The van der Waals surface area contributed by atoms with Crippen LogP contribution in [-0.2, 0) is 28.6 Å². The van der Waals surface area contributed by atoms with E-state index in [1.165, 1.54) is 180 Å². The van der Waals surface area contributed by atoms with Crippen molar-refractivity contribution >= 4 is 17.9 Å². The summed E-state index contributed by atoms with van der Waals surface area (Å²) in [5.74, 6) is -0.976. The molecule has 1 unspecified atom stereocenters. The normalized spacial score (nSPS) is 12.6. The molecule has 0 amide bonds. The maximum absolute atomic E-state index is 12.9. The Morgan fingerprint density at radius 1 is 0.300 bits per heavy atom. The average molecular weight is 978 g/mol. The minimum atomic E-state index is -0.806. The van der Waals surface area contributed by atoms with E-state index >= 15 is 0 Å². The molecule has 0 N–H and O–H groups in total. The largest absolute Gasteiger partial charge is 0.462 e. The van der Waals surface area contributed by atoms with Gasteiger partial charge in [0.2, 0.25) is 0 Å². The topological polar surface area (TPSA) is 78.9 Å². The number of rotatable bonds is 54. The fourth-order valence-corrected chi connectivity index (χ4v) is 8.49.